The van der Waals surface area contributed by atoms with Gasteiger partial charge in [-0.3, -0.25) is 0 Å². The molecule has 0 aliphatic heterocycles. The largest absolute Gasteiger partial charge is 0.497 e. The van der Waals surface area contributed by atoms with Crippen molar-refractivity contribution in [1.82, 2.24) is 4.98 Å². The standard InChI is InChI=1S/C23H22N4O/c1-28-19-10-6-16(7-11-19)15-25-23-13-8-17-14-18(9-12-21(17)27-23)26-22-5-3-2-4-20(22)24/h2-14,26H,15,24H2,1H3,(H,25,27). The Labute approximate surface area is 164 Å². The summed E-state index contributed by atoms with van der Waals surface area (Å²) in [6, 6.07) is 25.9. The number of methoxy groups -OCH3 is 1. The van der Waals surface area contributed by atoms with Crippen molar-refractivity contribution in [3.8, 4) is 5.75 Å². The fourth-order valence-corrected chi connectivity index (χ4v) is 3.00. The summed E-state index contributed by atoms with van der Waals surface area (Å²) in [5, 5.41) is 7.79. The number of benzene rings is 3. The van der Waals surface area contributed by atoms with Crippen LogP contribution in [0.15, 0.2) is 78.9 Å². The van der Waals surface area contributed by atoms with Crippen LogP contribution in [0, 0.1) is 0 Å². The number of nitrogen functional groups attached to an aromatic ring is 1. The molecule has 28 heavy (non-hydrogen) atoms. The Morgan fingerprint density at radius 1 is 0.929 bits per heavy atom. The van der Waals surface area contributed by atoms with Gasteiger partial charge in [0.2, 0.25) is 0 Å². The van der Waals surface area contributed by atoms with Gasteiger partial charge in [-0.15, -0.1) is 0 Å². The normalized spacial score (nSPS) is 10.6. The highest BCUT2D eigenvalue weighted by Gasteiger charge is 2.03. The topological polar surface area (TPSA) is 72.2 Å². The van der Waals surface area contributed by atoms with E-state index in [1.807, 2.05) is 66.7 Å². The highest BCUT2D eigenvalue weighted by Crippen LogP contribution is 2.25. The molecule has 140 valence electrons. The zero-order valence-corrected chi connectivity index (χ0v) is 15.6. The van der Waals surface area contributed by atoms with Crippen molar-refractivity contribution in [3.05, 3.63) is 84.4 Å². The van der Waals surface area contributed by atoms with Crippen LogP contribution < -0.4 is 21.1 Å². The summed E-state index contributed by atoms with van der Waals surface area (Å²) >= 11 is 0. The third-order valence-electron chi connectivity index (χ3n) is 4.56. The quantitative estimate of drug-likeness (QED) is 0.408. The van der Waals surface area contributed by atoms with Crippen molar-refractivity contribution in [2.24, 2.45) is 0 Å². The van der Waals surface area contributed by atoms with Gasteiger partial charge >= 0.3 is 0 Å². The number of hydrogen-bond donors (Lipinski definition) is 3. The Balaban J connectivity index is 1.47. The van der Waals surface area contributed by atoms with E-state index in [1.54, 1.807) is 7.11 Å². The number of nitrogens with one attached hydrogen (secondary N) is 2. The number of nitrogens with zero attached hydrogens (tertiary/aromatic N) is 1. The van der Waals surface area contributed by atoms with Crippen molar-refractivity contribution in [3.63, 3.8) is 0 Å². The first-order valence-corrected chi connectivity index (χ1v) is 9.10. The summed E-state index contributed by atoms with van der Waals surface area (Å²) < 4.78 is 5.19. The Bertz CT molecular complexity index is 1090. The molecule has 0 amide bonds. The zero-order valence-electron chi connectivity index (χ0n) is 15.6. The Kier molecular flexibility index (Phi) is 4.97. The van der Waals surface area contributed by atoms with Gasteiger partial charge in [0.25, 0.3) is 0 Å². The number of rotatable bonds is 6. The predicted octanol–water partition coefficient (Wildman–Crippen LogP) is 5.18. The number of anilines is 4. The van der Waals surface area contributed by atoms with Crippen LogP contribution in [0.25, 0.3) is 10.9 Å². The number of aromatic nitrogens is 1. The molecule has 4 rings (SSSR count). The lowest BCUT2D eigenvalue weighted by molar-refractivity contribution is 0.414. The van der Waals surface area contributed by atoms with E-state index < -0.39 is 0 Å². The second kappa shape index (κ2) is 7.88. The molecule has 3 aromatic carbocycles. The summed E-state index contributed by atoms with van der Waals surface area (Å²) in [6.45, 7) is 0.704. The molecule has 0 saturated carbocycles. The Morgan fingerprint density at radius 2 is 1.75 bits per heavy atom. The molecule has 0 radical (unpaired) electrons. The molecule has 1 aromatic heterocycles. The third kappa shape index (κ3) is 3.99. The summed E-state index contributed by atoms with van der Waals surface area (Å²) in [5.41, 5.74) is 10.7. The Hall–Kier alpha value is -3.73. The number of ether oxygens (including phenoxy) is 1. The van der Waals surface area contributed by atoms with Gasteiger partial charge in [-0.2, -0.15) is 0 Å². The van der Waals surface area contributed by atoms with E-state index in [2.05, 4.69) is 22.8 Å². The van der Waals surface area contributed by atoms with Gasteiger partial charge in [-0.1, -0.05) is 24.3 Å². The molecule has 4 aromatic rings. The second-order valence-electron chi connectivity index (χ2n) is 6.52. The van der Waals surface area contributed by atoms with Crippen LogP contribution in [-0.2, 0) is 6.54 Å². The van der Waals surface area contributed by atoms with Crippen LogP contribution in [0.3, 0.4) is 0 Å². The number of para-hydroxylation sites is 2. The second-order valence-corrected chi connectivity index (χ2v) is 6.52. The van der Waals surface area contributed by atoms with E-state index in [-0.39, 0.29) is 0 Å². The molecule has 0 bridgehead atoms. The van der Waals surface area contributed by atoms with Crippen molar-refractivity contribution in [1.29, 1.82) is 0 Å². The first kappa shape index (κ1) is 17.7. The minimum absolute atomic E-state index is 0.704. The maximum atomic E-state index is 6.01. The Morgan fingerprint density at radius 3 is 2.54 bits per heavy atom. The maximum Gasteiger partial charge on any atom is 0.126 e. The van der Waals surface area contributed by atoms with E-state index in [9.17, 15) is 0 Å². The molecule has 0 aliphatic carbocycles. The van der Waals surface area contributed by atoms with Crippen LogP contribution >= 0.6 is 0 Å². The summed E-state index contributed by atoms with van der Waals surface area (Å²) in [7, 11) is 1.67. The molecule has 5 heteroatoms. The van der Waals surface area contributed by atoms with E-state index in [0.717, 1.165) is 39.5 Å². The summed E-state index contributed by atoms with van der Waals surface area (Å²) in [4.78, 5) is 4.70. The molecule has 1 heterocycles. The van der Waals surface area contributed by atoms with Crippen LogP contribution in [-0.4, -0.2) is 12.1 Å². The van der Waals surface area contributed by atoms with E-state index in [1.165, 1.54) is 5.56 Å². The first-order chi connectivity index (χ1) is 13.7. The van der Waals surface area contributed by atoms with Crippen LogP contribution in [0.2, 0.25) is 0 Å². The molecule has 4 N–H and O–H groups in total. The van der Waals surface area contributed by atoms with Crippen molar-refractivity contribution in [2.45, 2.75) is 6.54 Å². The van der Waals surface area contributed by atoms with E-state index in [0.29, 0.717) is 6.54 Å². The average molecular weight is 370 g/mol. The molecule has 0 atom stereocenters. The molecule has 0 fully saturated rings. The number of fused-ring (bicyclic) bond motifs is 1. The third-order valence-corrected chi connectivity index (χ3v) is 4.56. The maximum absolute atomic E-state index is 6.01. The predicted molar refractivity (Wildman–Crippen MR) is 116 cm³/mol. The van der Waals surface area contributed by atoms with Gasteiger partial charge in [-0.25, -0.2) is 4.98 Å². The zero-order chi connectivity index (χ0) is 19.3. The highest BCUT2D eigenvalue weighted by molar-refractivity contribution is 5.85. The molecular weight excluding hydrogens is 348 g/mol. The highest BCUT2D eigenvalue weighted by atomic mass is 16.5. The van der Waals surface area contributed by atoms with Crippen LogP contribution in [0.4, 0.5) is 22.9 Å². The average Bonchev–Trinajstić information content (AvgIpc) is 2.74. The fraction of sp³-hybridized carbons (Fsp3) is 0.0870. The van der Waals surface area contributed by atoms with Gasteiger partial charge in [0.05, 0.1) is 24.0 Å². The van der Waals surface area contributed by atoms with Crippen molar-refractivity contribution in [2.75, 3.05) is 23.5 Å². The molecule has 0 unspecified atom stereocenters. The SMILES string of the molecule is COc1ccc(CNc2ccc3cc(Nc4ccccc4N)ccc3n2)cc1. The monoisotopic (exact) mass is 370 g/mol. The first-order valence-electron chi connectivity index (χ1n) is 9.10. The van der Waals surface area contributed by atoms with Gasteiger partial charge in [0, 0.05) is 17.6 Å². The van der Waals surface area contributed by atoms with Gasteiger partial charge in [0.1, 0.15) is 11.6 Å². The van der Waals surface area contributed by atoms with Crippen LogP contribution in [0.5, 0.6) is 5.75 Å². The number of hydrogen-bond acceptors (Lipinski definition) is 5. The molecule has 0 aliphatic rings. The lowest BCUT2D eigenvalue weighted by Gasteiger charge is -2.11. The number of nitrogens with two attached hydrogens (primary N) is 1. The smallest absolute Gasteiger partial charge is 0.126 e. The minimum atomic E-state index is 0.704. The number of pyridine rings is 1. The molecule has 0 spiro atoms. The lowest BCUT2D eigenvalue weighted by Crippen LogP contribution is -2.01. The molecule has 0 saturated heterocycles. The van der Waals surface area contributed by atoms with Crippen LogP contribution in [0.1, 0.15) is 5.56 Å². The fourth-order valence-electron chi connectivity index (χ4n) is 3.00. The van der Waals surface area contributed by atoms with Gasteiger partial charge in [0.15, 0.2) is 0 Å². The van der Waals surface area contributed by atoms with Crippen molar-refractivity contribution < 1.29 is 4.74 Å². The lowest BCUT2D eigenvalue weighted by atomic mass is 10.2. The van der Waals surface area contributed by atoms with Gasteiger partial charge < -0.3 is 21.1 Å². The van der Waals surface area contributed by atoms with E-state index >= 15 is 0 Å². The summed E-state index contributed by atoms with van der Waals surface area (Å²) in [5.74, 6) is 1.70. The molecular formula is C23H22N4O. The molecule has 5 nitrogen and oxygen atoms in total. The van der Waals surface area contributed by atoms with Gasteiger partial charge in [-0.05, 0) is 60.2 Å². The summed E-state index contributed by atoms with van der Waals surface area (Å²) in [6.07, 6.45) is 0. The van der Waals surface area contributed by atoms with Crippen molar-refractivity contribution >= 4 is 33.8 Å². The minimum Gasteiger partial charge on any atom is -0.497 e. The van der Waals surface area contributed by atoms with E-state index in [4.69, 9.17) is 15.5 Å².